The molecule has 1 aliphatic rings. The van der Waals surface area contributed by atoms with Gasteiger partial charge in [0.25, 0.3) is 0 Å². The molecule has 0 radical (unpaired) electrons. The minimum Gasteiger partial charge on any atom is -0.127 e. The second kappa shape index (κ2) is 6.80. The predicted molar refractivity (Wildman–Crippen MR) is 152 cm³/mol. The molecule has 0 aliphatic carbocycles. The highest BCUT2D eigenvalue weighted by atomic mass is 31.4. The van der Waals surface area contributed by atoms with Crippen LogP contribution in [0.2, 0.25) is 82.5 Å². The summed E-state index contributed by atoms with van der Waals surface area (Å²) in [5.74, 6) is 0. The fraction of sp³-hybridized carbons (Fsp3) is 0.682. The highest BCUT2D eigenvalue weighted by Crippen LogP contribution is 2.77. The van der Waals surface area contributed by atoms with Crippen LogP contribution in [0.4, 0.5) is 0 Å². The number of hydrogen-bond donors (Lipinski definition) is 0. The molecular formula is C22H47PSi5. The van der Waals surface area contributed by atoms with Crippen molar-refractivity contribution >= 4 is 56.2 Å². The third kappa shape index (κ3) is 2.90. The molecule has 0 saturated carbocycles. The molecule has 28 heavy (non-hydrogen) atoms. The topological polar surface area (TPSA) is 0 Å². The summed E-state index contributed by atoms with van der Waals surface area (Å²) < 4.78 is 2.91. The van der Waals surface area contributed by atoms with Gasteiger partial charge in [0.2, 0.25) is 0 Å². The van der Waals surface area contributed by atoms with Gasteiger partial charge in [-0.1, -0.05) is 119 Å². The van der Waals surface area contributed by atoms with Crippen LogP contribution < -0.4 is 5.19 Å². The molecule has 1 aliphatic heterocycles. The van der Waals surface area contributed by atoms with E-state index >= 15 is 0 Å². The first kappa shape index (κ1) is 24.9. The molecule has 0 fully saturated rings. The van der Waals surface area contributed by atoms with Crippen LogP contribution in [0.1, 0.15) is 0 Å². The smallest absolute Gasteiger partial charge is 0.105 e. The molecule has 2 rings (SSSR count). The van der Waals surface area contributed by atoms with Gasteiger partial charge in [0, 0.05) is 16.1 Å². The monoisotopic (exact) mass is 482 g/mol. The zero-order valence-electron chi connectivity index (χ0n) is 21.3. The minimum absolute atomic E-state index is 0.689. The van der Waals surface area contributed by atoms with Gasteiger partial charge in [0.1, 0.15) is 8.07 Å². The molecular weight excluding hydrogens is 436 g/mol. The van der Waals surface area contributed by atoms with Crippen LogP contribution in [0.15, 0.2) is 30.3 Å². The van der Waals surface area contributed by atoms with Crippen LogP contribution in [-0.4, -0.2) is 57.9 Å². The quantitative estimate of drug-likeness (QED) is 0.317. The van der Waals surface area contributed by atoms with Crippen molar-refractivity contribution in [2.75, 3.05) is 13.3 Å². The third-order valence-corrected chi connectivity index (χ3v) is 71.4. The Morgan fingerprint density at radius 1 is 0.714 bits per heavy atom. The maximum atomic E-state index is 2.88. The molecule has 1 heterocycles. The lowest BCUT2D eigenvalue weighted by Gasteiger charge is -2.65. The minimum atomic E-state index is -1.84. The average molecular weight is 483 g/mol. The maximum Gasteiger partial charge on any atom is 0.105 e. The molecule has 0 amide bonds. The normalized spacial score (nSPS) is 27.1. The molecule has 1 atom stereocenters. The van der Waals surface area contributed by atoms with Crippen molar-refractivity contribution in [3.63, 3.8) is 0 Å². The molecule has 160 valence electrons. The van der Waals surface area contributed by atoms with E-state index in [1.165, 1.54) is 0 Å². The molecule has 0 N–H and O–H groups in total. The van der Waals surface area contributed by atoms with E-state index in [9.17, 15) is 0 Å². The summed E-state index contributed by atoms with van der Waals surface area (Å²) in [6, 6.07) is 12.0. The van der Waals surface area contributed by atoms with Gasteiger partial charge in [-0.3, -0.25) is 0 Å². The molecule has 0 nitrogen and oxygen atoms in total. The van der Waals surface area contributed by atoms with Gasteiger partial charge in [0.05, 0.1) is 15.8 Å². The number of hydrogen-bond acceptors (Lipinski definition) is 0. The summed E-state index contributed by atoms with van der Waals surface area (Å²) in [4.78, 5) is 0. The lowest BCUT2D eigenvalue weighted by Crippen LogP contribution is -2.80. The molecule has 1 unspecified atom stereocenters. The summed E-state index contributed by atoms with van der Waals surface area (Å²) >= 11 is 0. The van der Waals surface area contributed by atoms with Crippen molar-refractivity contribution < 1.29 is 0 Å². The second-order valence-corrected chi connectivity index (χ2v) is 51.2. The predicted octanol–water partition coefficient (Wildman–Crippen LogP) is 7.09. The Hall–Kier alpha value is 0.604. The van der Waals surface area contributed by atoms with Crippen molar-refractivity contribution in [1.29, 1.82) is 0 Å². The zero-order chi connectivity index (χ0) is 22.2. The van der Waals surface area contributed by atoms with E-state index in [2.05, 4.69) is 127 Å². The van der Waals surface area contributed by atoms with E-state index in [4.69, 9.17) is 0 Å². The van der Waals surface area contributed by atoms with Gasteiger partial charge in [0.15, 0.2) is 0 Å². The van der Waals surface area contributed by atoms with Crippen LogP contribution in [0.3, 0.4) is 0 Å². The zero-order valence-corrected chi connectivity index (χ0v) is 27.2. The van der Waals surface area contributed by atoms with Gasteiger partial charge in [-0.25, -0.2) is 0 Å². The standard InChI is InChI=1S/C22H47PSi5/c1-23(2)21(24(3,4)5)28(14,20-18-16-15-17-19-20)22(25(6,7)8,26(9,10)11)27(23,12)13/h15-19H,1-14H3. The van der Waals surface area contributed by atoms with E-state index in [0.29, 0.717) is 3.91 Å². The van der Waals surface area contributed by atoms with E-state index in [-0.39, 0.29) is 0 Å². The fourth-order valence-corrected chi connectivity index (χ4v) is 107. The summed E-state index contributed by atoms with van der Waals surface area (Å²) in [6.45, 7) is 38.9. The van der Waals surface area contributed by atoms with E-state index in [1.807, 2.05) is 0 Å². The van der Waals surface area contributed by atoms with Crippen LogP contribution in [-0.2, 0) is 0 Å². The van der Waals surface area contributed by atoms with Crippen LogP contribution in [0.25, 0.3) is 0 Å². The van der Waals surface area contributed by atoms with Gasteiger partial charge in [-0.05, 0) is 17.2 Å². The van der Waals surface area contributed by atoms with E-state index in [0.717, 1.165) is 0 Å². The van der Waals surface area contributed by atoms with Crippen LogP contribution >= 0.6 is 6.43 Å². The van der Waals surface area contributed by atoms with Crippen LogP contribution in [0.5, 0.6) is 0 Å². The SMILES string of the molecule is C[Si](C)(C)C1=P(C)(C)[Si](C)(C)C([Si](C)(C)C)([Si](C)(C)C)[Si]1(C)c1ccccc1. The van der Waals surface area contributed by atoms with E-state index in [1.54, 1.807) is 5.19 Å². The van der Waals surface area contributed by atoms with Crippen molar-refractivity contribution in [3.8, 4) is 0 Å². The number of rotatable bonds is 4. The van der Waals surface area contributed by atoms with Crippen molar-refractivity contribution in [3.05, 3.63) is 30.3 Å². The molecule has 1 aromatic rings. The lowest BCUT2D eigenvalue weighted by atomic mass is 10.4. The Morgan fingerprint density at radius 2 is 1.11 bits per heavy atom. The van der Waals surface area contributed by atoms with E-state index < -0.39 is 46.5 Å². The summed E-state index contributed by atoms with van der Waals surface area (Å²) in [7, 11) is -7.67. The van der Waals surface area contributed by atoms with Crippen molar-refractivity contribution in [2.24, 2.45) is 0 Å². The highest BCUT2D eigenvalue weighted by molar-refractivity contribution is 8.16. The van der Waals surface area contributed by atoms with Crippen LogP contribution in [0, 0.1) is 0 Å². The van der Waals surface area contributed by atoms with Crippen molar-refractivity contribution in [1.82, 2.24) is 0 Å². The Labute approximate surface area is 181 Å². The molecule has 1 aromatic carbocycles. The third-order valence-electron chi connectivity index (χ3n) is 8.41. The summed E-state index contributed by atoms with van der Waals surface area (Å²) in [5.41, 5.74) is 0. The maximum absolute atomic E-state index is 2.88. The van der Waals surface area contributed by atoms with Gasteiger partial charge in [-0.15, -0.1) is 6.43 Å². The summed E-state index contributed by atoms with van der Waals surface area (Å²) in [5, 5.41) is 1.78. The summed E-state index contributed by atoms with van der Waals surface area (Å²) in [6.07, 6.45) is -1.08. The molecule has 6 heteroatoms. The second-order valence-electron chi connectivity index (χ2n) is 13.4. The largest absolute Gasteiger partial charge is 0.127 e. The first-order valence-corrected chi connectivity index (χ1v) is 30.5. The first-order chi connectivity index (χ1) is 12.2. The molecule has 0 spiro atoms. The fourth-order valence-electron chi connectivity index (χ4n) is 9.22. The molecule has 0 bridgehead atoms. The Bertz CT molecular complexity index is 786. The Morgan fingerprint density at radius 3 is 1.43 bits per heavy atom. The number of benzene rings is 1. The Balaban J connectivity index is 3.27. The molecule has 0 aromatic heterocycles. The van der Waals surface area contributed by atoms with Gasteiger partial charge >= 0.3 is 0 Å². The highest BCUT2D eigenvalue weighted by Gasteiger charge is 2.78. The van der Waals surface area contributed by atoms with Gasteiger partial charge < -0.3 is 0 Å². The average Bonchev–Trinajstić information content (AvgIpc) is 2.55. The van der Waals surface area contributed by atoms with Crippen molar-refractivity contribution in [2.45, 2.75) is 82.5 Å². The van der Waals surface area contributed by atoms with Gasteiger partial charge in [-0.2, -0.15) is 0 Å². The molecule has 0 saturated heterocycles. The Kier molecular flexibility index (Phi) is 6.04. The first-order valence-electron chi connectivity index (χ1n) is 11.0. The lowest BCUT2D eigenvalue weighted by molar-refractivity contribution is 1.23.